The first-order chi connectivity index (χ1) is 8.67. The number of halogens is 1. The molecule has 1 aromatic carbocycles. The zero-order valence-corrected chi connectivity index (χ0v) is 11.2. The van der Waals surface area contributed by atoms with Crippen LogP contribution < -0.4 is 5.73 Å². The molecule has 2 heterocycles. The van der Waals surface area contributed by atoms with Crippen molar-refractivity contribution in [3.63, 3.8) is 0 Å². The number of hydrogen-bond acceptors (Lipinski definition) is 5. The lowest BCUT2D eigenvalue weighted by Crippen LogP contribution is -1.93. The Balaban J connectivity index is 2.16. The molecule has 0 radical (unpaired) electrons. The van der Waals surface area contributed by atoms with Gasteiger partial charge in [0.2, 0.25) is 4.96 Å². The molecule has 92 valence electrons. The number of aromatic nitrogens is 4. The molecule has 7 heteroatoms. The monoisotopic (exact) mass is 279 g/mol. The van der Waals surface area contributed by atoms with Crippen molar-refractivity contribution in [3.05, 3.63) is 29.0 Å². The summed E-state index contributed by atoms with van der Waals surface area (Å²) in [6.45, 7) is 2.02. The molecule has 0 atom stereocenters. The van der Waals surface area contributed by atoms with E-state index in [1.165, 1.54) is 11.3 Å². The molecule has 0 aliphatic carbocycles. The van der Waals surface area contributed by atoms with Crippen LogP contribution in [0.1, 0.15) is 12.7 Å². The number of nitrogen functional groups attached to an aromatic ring is 1. The molecule has 5 nitrogen and oxygen atoms in total. The second-order valence-corrected chi connectivity index (χ2v) is 5.24. The van der Waals surface area contributed by atoms with Crippen molar-refractivity contribution in [2.75, 3.05) is 5.73 Å². The molecule has 0 unspecified atom stereocenters. The van der Waals surface area contributed by atoms with Crippen LogP contribution in [0.15, 0.2) is 18.2 Å². The summed E-state index contributed by atoms with van der Waals surface area (Å²) in [6.07, 6.45) is 0.794. The number of fused-ring (bicyclic) bond motifs is 1. The quantitative estimate of drug-likeness (QED) is 0.732. The fourth-order valence-electron chi connectivity index (χ4n) is 1.73. The third kappa shape index (κ3) is 1.83. The summed E-state index contributed by atoms with van der Waals surface area (Å²) in [5, 5.41) is 14.1. The highest BCUT2D eigenvalue weighted by Gasteiger charge is 2.12. The largest absolute Gasteiger partial charge is 0.399 e. The molecule has 0 spiro atoms. The van der Waals surface area contributed by atoms with E-state index in [4.69, 9.17) is 17.3 Å². The van der Waals surface area contributed by atoms with Crippen molar-refractivity contribution in [2.24, 2.45) is 0 Å². The second kappa shape index (κ2) is 4.22. The Kier molecular flexibility index (Phi) is 2.68. The van der Waals surface area contributed by atoms with Crippen LogP contribution in [0.4, 0.5) is 5.69 Å². The van der Waals surface area contributed by atoms with Gasteiger partial charge in [-0.05, 0) is 18.2 Å². The van der Waals surface area contributed by atoms with E-state index in [0.29, 0.717) is 10.7 Å². The van der Waals surface area contributed by atoms with Gasteiger partial charge >= 0.3 is 0 Å². The fourth-order valence-corrected chi connectivity index (χ4v) is 2.82. The summed E-state index contributed by atoms with van der Waals surface area (Å²) >= 11 is 7.46. The average Bonchev–Trinajstić information content (AvgIpc) is 2.86. The van der Waals surface area contributed by atoms with E-state index in [9.17, 15) is 0 Å². The van der Waals surface area contributed by atoms with Gasteiger partial charge in [0.1, 0.15) is 5.01 Å². The molecule has 0 aliphatic heterocycles. The van der Waals surface area contributed by atoms with Gasteiger partial charge in [-0.2, -0.15) is 9.61 Å². The van der Waals surface area contributed by atoms with E-state index in [1.807, 2.05) is 19.1 Å². The van der Waals surface area contributed by atoms with E-state index in [-0.39, 0.29) is 0 Å². The van der Waals surface area contributed by atoms with Gasteiger partial charge in [0.05, 0.1) is 0 Å². The van der Waals surface area contributed by atoms with E-state index in [1.54, 1.807) is 10.6 Å². The van der Waals surface area contributed by atoms with Crippen LogP contribution in [-0.4, -0.2) is 19.8 Å². The summed E-state index contributed by atoms with van der Waals surface area (Å²) in [5.74, 6) is 0.850. The van der Waals surface area contributed by atoms with Crippen molar-refractivity contribution < 1.29 is 0 Å². The molecule has 0 bridgehead atoms. The van der Waals surface area contributed by atoms with Crippen molar-refractivity contribution >= 4 is 33.6 Å². The lowest BCUT2D eigenvalue weighted by atomic mass is 10.2. The van der Waals surface area contributed by atoms with Crippen LogP contribution in [0.25, 0.3) is 15.5 Å². The zero-order valence-electron chi connectivity index (χ0n) is 9.59. The normalized spacial score (nSPS) is 11.2. The SMILES string of the molecule is CCc1nnc2sc(-c3cc(N)cc(Cl)c3)nn12. The van der Waals surface area contributed by atoms with Gasteiger partial charge in [0.15, 0.2) is 5.82 Å². The minimum Gasteiger partial charge on any atom is -0.399 e. The summed E-state index contributed by atoms with van der Waals surface area (Å²) in [6, 6.07) is 5.40. The van der Waals surface area contributed by atoms with Gasteiger partial charge in [0, 0.05) is 22.7 Å². The van der Waals surface area contributed by atoms with Gasteiger partial charge in [-0.15, -0.1) is 10.2 Å². The molecule has 0 amide bonds. The Labute approximate surface area is 112 Å². The smallest absolute Gasteiger partial charge is 0.234 e. The molecule has 3 aromatic rings. The van der Waals surface area contributed by atoms with Crippen LogP contribution in [0.2, 0.25) is 5.02 Å². The van der Waals surface area contributed by atoms with Crippen LogP contribution in [0, 0.1) is 0 Å². The molecule has 3 rings (SSSR count). The highest BCUT2D eigenvalue weighted by molar-refractivity contribution is 7.19. The Morgan fingerprint density at radius 2 is 2.17 bits per heavy atom. The molecule has 2 aromatic heterocycles. The predicted octanol–water partition coefficient (Wildman–Crippen LogP) is 2.65. The molecular formula is C11H10ClN5S. The molecule has 0 aliphatic rings. The summed E-state index contributed by atoms with van der Waals surface area (Å²) in [4.78, 5) is 0.778. The average molecular weight is 280 g/mol. The zero-order chi connectivity index (χ0) is 12.7. The maximum Gasteiger partial charge on any atom is 0.234 e. The van der Waals surface area contributed by atoms with Gasteiger partial charge in [-0.25, -0.2) is 0 Å². The van der Waals surface area contributed by atoms with Gasteiger partial charge in [-0.3, -0.25) is 0 Å². The topological polar surface area (TPSA) is 69.1 Å². The van der Waals surface area contributed by atoms with Crippen molar-refractivity contribution in [1.29, 1.82) is 0 Å². The Hall–Kier alpha value is -1.66. The minimum absolute atomic E-state index is 0.603. The molecule has 0 saturated carbocycles. The van der Waals surface area contributed by atoms with E-state index < -0.39 is 0 Å². The van der Waals surface area contributed by atoms with Gasteiger partial charge in [-0.1, -0.05) is 29.9 Å². The number of benzene rings is 1. The number of aryl methyl sites for hydroxylation is 1. The minimum atomic E-state index is 0.603. The second-order valence-electron chi connectivity index (χ2n) is 3.84. The third-order valence-electron chi connectivity index (χ3n) is 2.54. The van der Waals surface area contributed by atoms with Crippen LogP contribution >= 0.6 is 22.9 Å². The lowest BCUT2D eigenvalue weighted by molar-refractivity contribution is 0.838. The summed E-state index contributed by atoms with van der Waals surface area (Å²) in [5.41, 5.74) is 7.30. The molecular weight excluding hydrogens is 270 g/mol. The first-order valence-electron chi connectivity index (χ1n) is 5.45. The molecule has 2 N–H and O–H groups in total. The summed E-state index contributed by atoms with van der Waals surface area (Å²) < 4.78 is 1.76. The van der Waals surface area contributed by atoms with Gasteiger partial charge < -0.3 is 5.73 Å². The standard InChI is InChI=1S/C11H10ClN5S/c1-2-9-14-15-11-17(9)16-10(18-11)6-3-7(12)5-8(13)4-6/h3-5H,2,13H2,1H3. The first-order valence-corrected chi connectivity index (χ1v) is 6.64. The molecule has 0 fully saturated rings. The maximum atomic E-state index is 5.99. The Bertz CT molecular complexity index is 697. The highest BCUT2D eigenvalue weighted by Crippen LogP contribution is 2.29. The van der Waals surface area contributed by atoms with E-state index in [2.05, 4.69) is 15.3 Å². The third-order valence-corrected chi connectivity index (χ3v) is 3.70. The van der Waals surface area contributed by atoms with E-state index in [0.717, 1.165) is 27.8 Å². The Morgan fingerprint density at radius 3 is 2.89 bits per heavy atom. The van der Waals surface area contributed by atoms with Crippen LogP contribution in [0.3, 0.4) is 0 Å². The van der Waals surface area contributed by atoms with E-state index >= 15 is 0 Å². The summed E-state index contributed by atoms with van der Waals surface area (Å²) in [7, 11) is 0. The number of rotatable bonds is 2. The molecule has 0 saturated heterocycles. The predicted molar refractivity (Wildman–Crippen MR) is 72.9 cm³/mol. The maximum absolute atomic E-state index is 5.99. The van der Waals surface area contributed by atoms with Crippen LogP contribution in [-0.2, 0) is 6.42 Å². The lowest BCUT2D eigenvalue weighted by Gasteiger charge is -1.99. The number of anilines is 1. The van der Waals surface area contributed by atoms with Gasteiger partial charge in [0.25, 0.3) is 0 Å². The fraction of sp³-hybridized carbons (Fsp3) is 0.182. The Morgan fingerprint density at radius 1 is 1.33 bits per heavy atom. The number of nitrogens with two attached hydrogens (primary N) is 1. The number of hydrogen-bond donors (Lipinski definition) is 1. The number of nitrogens with zero attached hydrogens (tertiary/aromatic N) is 4. The van der Waals surface area contributed by atoms with Crippen molar-refractivity contribution in [1.82, 2.24) is 19.8 Å². The highest BCUT2D eigenvalue weighted by atomic mass is 35.5. The van der Waals surface area contributed by atoms with Crippen molar-refractivity contribution in [2.45, 2.75) is 13.3 Å². The van der Waals surface area contributed by atoms with Crippen LogP contribution in [0.5, 0.6) is 0 Å². The first kappa shape index (κ1) is 11.4. The molecule has 18 heavy (non-hydrogen) atoms. The van der Waals surface area contributed by atoms with Crippen molar-refractivity contribution in [3.8, 4) is 10.6 Å².